The van der Waals surface area contributed by atoms with Gasteiger partial charge in [0.25, 0.3) is 0 Å². The van der Waals surface area contributed by atoms with E-state index in [1.807, 2.05) is 42.6 Å². The Hall–Kier alpha value is -1.72. The lowest BCUT2D eigenvalue weighted by Crippen LogP contribution is -2.39. The van der Waals surface area contributed by atoms with Gasteiger partial charge < -0.3 is 10.4 Å². The van der Waals surface area contributed by atoms with Gasteiger partial charge in [0.2, 0.25) is 5.91 Å². The van der Waals surface area contributed by atoms with Gasteiger partial charge in [-0.25, -0.2) is 4.98 Å². The van der Waals surface area contributed by atoms with E-state index in [9.17, 15) is 9.90 Å². The number of benzene rings is 1. The third-order valence-corrected chi connectivity index (χ3v) is 4.24. The Labute approximate surface area is 135 Å². The topological polar surface area (TPSA) is 62.2 Å². The first-order chi connectivity index (χ1) is 10.7. The number of carbonyl (C=O) groups excluding carboxylic acids is 1. The first kappa shape index (κ1) is 16.6. The van der Waals surface area contributed by atoms with Crippen molar-refractivity contribution in [2.24, 2.45) is 0 Å². The van der Waals surface area contributed by atoms with Gasteiger partial charge >= 0.3 is 0 Å². The molecule has 1 aromatic carbocycles. The summed E-state index contributed by atoms with van der Waals surface area (Å²) in [6.07, 6.45) is 2.70. The fraction of sp³-hybridized carbons (Fsp3) is 0.412. The highest BCUT2D eigenvalue weighted by atomic mass is 32.1. The first-order valence-corrected chi connectivity index (χ1v) is 8.40. The Balaban J connectivity index is 1.72. The number of rotatable bonds is 8. The average Bonchev–Trinajstić information content (AvgIpc) is 2.93. The van der Waals surface area contributed by atoms with Crippen LogP contribution in [0, 0.1) is 6.92 Å². The summed E-state index contributed by atoms with van der Waals surface area (Å²) in [5, 5.41) is 15.4. The first-order valence-electron chi connectivity index (χ1n) is 7.52. The molecule has 0 saturated heterocycles. The van der Waals surface area contributed by atoms with Gasteiger partial charge in [0.05, 0.1) is 23.4 Å². The molecule has 1 amide bonds. The van der Waals surface area contributed by atoms with Crippen LogP contribution in [0.5, 0.6) is 0 Å². The summed E-state index contributed by atoms with van der Waals surface area (Å²) in [5.41, 5.74) is 2.16. The third kappa shape index (κ3) is 5.58. The van der Waals surface area contributed by atoms with Gasteiger partial charge in [-0.05, 0) is 31.7 Å². The van der Waals surface area contributed by atoms with E-state index in [2.05, 4.69) is 10.3 Å². The molecule has 0 fully saturated rings. The number of carbonyl (C=O) groups is 1. The van der Waals surface area contributed by atoms with Crippen LogP contribution in [0.4, 0.5) is 0 Å². The molecule has 0 spiro atoms. The third-order valence-electron chi connectivity index (χ3n) is 3.41. The lowest BCUT2D eigenvalue weighted by molar-refractivity contribution is -0.122. The van der Waals surface area contributed by atoms with Gasteiger partial charge in [-0.1, -0.05) is 30.3 Å². The minimum Gasteiger partial charge on any atom is -0.394 e. The van der Waals surface area contributed by atoms with E-state index < -0.39 is 0 Å². The molecule has 4 nitrogen and oxygen atoms in total. The molecule has 5 heteroatoms. The maximum Gasteiger partial charge on any atom is 0.220 e. The van der Waals surface area contributed by atoms with Crippen molar-refractivity contribution in [3.63, 3.8) is 0 Å². The summed E-state index contributed by atoms with van der Waals surface area (Å²) in [7, 11) is 0. The van der Waals surface area contributed by atoms with Gasteiger partial charge in [-0.15, -0.1) is 11.3 Å². The maximum atomic E-state index is 12.0. The van der Waals surface area contributed by atoms with Crippen molar-refractivity contribution in [1.29, 1.82) is 0 Å². The molecule has 1 atom stereocenters. The number of aliphatic hydroxyl groups is 1. The molecule has 2 aromatic rings. The van der Waals surface area contributed by atoms with Gasteiger partial charge in [0, 0.05) is 11.8 Å². The number of aryl methyl sites for hydroxylation is 2. The largest absolute Gasteiger partial charge is 0.394 e. The van der Waals surface area contributed by atoms with E-state index in [1.54, 1.807) is 11.3 Å². The zero-order chi connectivity index (χ0) is 15.8. The van der Waals surface area contributed by atoms with Crippen molar-refractivity contribution in [3.8, 4) is 0 Å². The Morgan fingerprint density at radius 3 is 2.77 bits per heavy atom. The van der Waals surface area contributed by atoms with Crippen LogP contribution in [0.25, 0.3) is 0 Å². The van der Waals surface area contributed by atoms with Crippen LogP contribution in [0.15, 0.2) is 35.7 Å². The molecule has 0 radical (unpaired) electrons. The van der Waals surface area contributed by atoms with Crippen molar-refractivity contribution in [2.45, 2.75) is 38.6 Å². The zero-order valence-corrected chi connectivity index (χ0v) is 13.6. The molecule has 0 bridgehead atoms. The highest BCUT2D eigenvalue weighted by Crippen LogP contribution is 2.10. The van der Waals surface area contributed by atoms with Crippen LogP contribution in [-0.4, -0.2) is 28.6 Å². The molecule has 1 unspecified atom stereocenters. The number of aliphatic hydroxyl groups excluding tert-OH is 1. The Kier molecular flexibility index (Phi) is 6.55. The van der Waals surface area contributed by atoms with Gasteiger partial charge in [0.15, 0.2) is 0 Å². The highest BCUT2D eigenvalue weighted by molar-refractivity contribution is 7.09. The monoisotopic (exact) mass is 318 g/mol. The van der Waals surface area contributed by atoms with Crippen molar-refractivity contribution in [3.05, 3.63) is 52.0 Å². The van der Waals surface area contributed by atoms with Crippen molar-refractivity contribution < 1.29 is 9.90 Å². The molecule has 2 N–H and O–H groups in total. The molecule has 0 aliphatic rings. The SMILES string of the molecule is Cc1nc(CCCC(=O)NC(CO)Cc2ccccc2)cs1. The van der Waals surface area contributed by atoms with Crippen LogP contribution in [0.2, 0.25) is 0 Å². The number of amides is 1. The van der Waals surface area contributed by atoms with E-state index in [-0.39, 0.29) is 18.6 Å². The van der Waals surface area contributed by atoms with Crippen LogP contribution in [0.1, 0.15) is 29.1 Å². The number of hydrogen-bond donors (Lipinski definition) is 2. The van der Waals surface area contributed by atoms with E-state index in [1.165, 1.54) is 0 Å². The highest BCUT2D eigenvalue weighted by Gasteiger charge is 2.12. The maximum absolute atomic E-state index is 12.0. The fourth-order valence-electron chi connectivity index (χ4n) is 2.31. The second-order valence-corrected chi connectivity index (χ2v) is 6.41. The fourth-order valence-corrected chi connectivity index (χ4v) is 2.96. The average molecular weight is 318 g/mol. The number of nitrogens with zero attached hydrogens (tertiary/aromatic N) is 1. The standard InChI is InChI=1S/C17H22N2O2S/c1-13-18-15(12-22-13)8-5-9-17(21)19-16(11-20)10-14-6-3-2-4-7-14/h2-4,6-7,12,16,20H,5,8-11H2,1H3,(H,19,21). The lowest BCUT2D eigenvalue weighted by Gasteiger charge is -2.16. The van der Waals surface area contributed by atoms with Crippen molar-refractivity contribution in [1.82, 2.24) is 10.3 Å². The van der Waals surface area contributed by atoms with Crippen LogP contribution < -0.4 is 5.32 Å². The number of aromatic nitrogens is 1. The summed E-state index contributed by atoms with van der Waals surface area (Å²) in [4.78, 5) is 16.3. The summed E-state index contributed by atoms with van der Waals surface area (Å²) in [5.74, 6) is -0.0121. The number of thiazole rings is 1. The predicted molar refractivity (Wildman–Crippen MR) is 89.0 cm³/mol. The smallest absolute Gasteiger partial charge is 0.220 e. The van der Waals surface area contributed by atoms with Crippen LogP contribution >= 0.6 is 11.3 Å². The molecule has 0 aliphatic carbocycles. The summed E-state index contributed by atoms with van der Waals surface area (Å²) < 4.78 is 0. The van der Waals surface area contributed by atoms with Gasteiger partial charge in [-0.3, -0.25) is 4.79 Å². The summed E-state index contributed by atoms with van der Waals surface area (Å²) >= 11 is 1.63. The van der Waals surface area contributed by atoms with Gasteiger partial charge in [-0.2, -0.15) is 0 Å². The van der Waals surface area contributed by atoms with Gasteiger partial charge in [0.1, 0.15) is 0 Å². The summed E-state index contributed by atoms with van der Waals surface area (Å²) in [6.45, 7) is 1.93. The van der Waals surface area contributed by atoms with Crippen molar-refractivity contribution >= 4 is 17.2 Å². The normalized spacial score (nSPS) is 12.1. The van der Waals surface area contributed by atoms with E-state index in [0.29, 0.717) is 12.8 Å². The summed E-state index contributed by atoms with van der Waals surface area (Å²) in [6, 6.07) is 9.65. The molecule has 1 heterocycles. The number of hydrogen-bond acceptors (Lipinski definition) is 4. The van der Waals surface area contributed by atoms with Crippen LogP contribution in [0.3, 0.4) is 0 Å². The molecule has 0 aliphatic heterocycles. The minimum absolute atomic E-state index is 0.0121. The van der Waals surface area contributed by atoms with E-state index >= 15 is 0 Å². The molecule has 2 rings (SSSR count). The molecular weight excluding hydrogens is 296 g/mol. The van der Waals surface area contributed by atoms with E-state index in [0.717, 1.165) is 29.1 Å². The second-order valence-electron chi connectivity index (χ2n) is 5.35. The Bertz CT molecular complexity index is 583. The van der Waals surface area contributed by atoms with Crippen molar-refractivity contribution in [2.75, 3.05) is 6.61 Å². The molecule has 1 aromatic heterocycles. The lowest BCUT2D eigenvalue weighted by atomic mass is 10.1. The molecular formula is C17H22N2O2S. The second kappa shape index (κ2) is 8.66. The van der Waals surface area contributed by atoms with Crippen LogP contribution in [-0.2, 0) is 17.6 Å². The number of nitrogens with one attached hydrogen (secondary N) is 1. The Morgan fingerprint density at radius 2 is 2.14 bits per heavy atom. The minimum atomic E-state index is -0.226. The zero-order valence-electron chi connectivity index (χ0n) is 12.8. The molecule has 22 heavy (non-hydrogen) atoms. The van der Waals surface area contributed by atoms with E-state index in [4.69, 9.17) is 0 Å². The molecule has 118 valence electrons. The molecule has 0 saturated carbocycles. The Morgan fingerprint density at radius 1 is 1.36 bits per heavy atom. The predicted octanol–water partition coefficient (Wildman–Crippen LogP) is 2.49. The quantitative estimate of drug-likeness (QED) is 0.786.